The first-order chi connectivity index (χ1) is 23.5. The molecule has 0 radical (unpaired) electrons. The molecule has 1 aromatic carbocycles. The van der Waals surface area contributed by atoms with Crippen LogP contribution in [0.4, 0.5) is 4.39 Å². The van der Waals surface area contributed by atoms with E-state index in [2.05, 4.69) is 9.80 Å². The minimum absolute atomic E-state index is 0.0852. The lowest BCUT2D eigenvalue weighted by Crippen LogP contribution is -2.62. The molecule has 11 heteroatoms. The molecule has 0 bridgehead atoms. The average molecular weight is 702 g/mol. The number of carbonyl (C=O) groups is 3. The molecule has 2 N–H and O–H groups in total. The van der Waals surface area contributed by atoms with E-state index in [1.54, 1.807) is 11.8 Å². The van der Waals surface area contributed by atoms with E-state index in [4.69, 9.17) is 22.1 Å². The Balaban J connectivity index is 1.52. The minimum atomic E-state index is -0.894. The average Bonchev–Trinajstić information content (AvgIpc) is 3.10. The molecule has 2 amide bonds. The number of nitrogens with two attached hydrogens (primary N) is 1. The van der Waals surface area contributed by atoms with Gasteiger partial charge in [-0.3, -0.25) is 9.59 Å². The fourth-order valence-corrected chi connectivity index (χ4v) is 9.27. The smallest absolute Gasteiger partial charge is 0.345 e. The zero-order chi connectivity index (χ0) is 35.2. The Kier molecular flexibility index (Phi) is 12.7. The Morgan fingerprint density at radius 3 is 2.24 bits per heavy atom. The van der Waals surface area contributed by atoms with Gasteiger partial charge in [0.1, 0.15) is 11.4 Å². The van der Waals surface area contributed by atoms with Crippen LogP contribution in [0.5, 0.6) is 0 Å². The van der Waals surface area contributed by atoms with E-state index >= 15 is 0 Å². The monoisotopic (exact) mass is 701 g/mol. The van der Waals surface area contributed by atoms with Gasteiger partial charge >= 0.3 is 5.97 Å². The number of nitrogens with zero attached hydrogens (tertiary/aromatic N) is 4. The highest BCUT2D eigenvalue weighted by Gasteiger charge is 2.57. The predicted octanol–water partition coefficient (Wildman–Crippen LogP) is 5.77. The number of carbonyl (C=O) groups excluding carboxylic acids is 3. The SMILES string of the molecule is CCOC(=O)C1=C(N2CCN(C(=O)c3ccc(F)cc3)CC2)C2CC3(CCCCCCCCCC3(N)Cl)CCC2N(CCCN(C)C)C1=O. The van der Waals surface area contributed by atoms with Crippen LogP contribution < -0.4 is 5.73 Å². The third-order valence-corrected chi connectivity index (χ3v) is 12.1. The second-order valence-corrected chi connectivity index (χ2v) is 15.6. The zero-order valence-electron chi connectivity index (χ0n) is 29.9. The lowest BCUT2D eigenvalue weighted by molar-refractivity contribution is -0.146. The highest BCUT2D eigenvalue weighted by Crippen LogP contribution is 2.57. The lowest BCUT2D eigenvalue weighted by atomic mass is 9.58. The lowest BCUT2D eigenvalue weighted by Gasteiger charge is -2.57. The first kappa shape index (κ1) is 37.6. The molecule has 1 spiro atoms. The van der Waals surface area contributed by atoms with Crippen LogP contribution in [0.1, 0.15) is 101 Å². The molecule has 2 aliphatic carbocycles. The number of esters is 1. The van der Waals surface area contributed by atoms with Crippen LogP contribution in [0.2, 0.25) is 0 Å². The van der Waals surface area contributed by atoms with Gasteiger partial charge in [-0.05, 0) is 90.4 Å². The third kappa shape index (κ3) is 8.45. The zero-order valence-corrected chi connectivity index (χ0v) is 30.6. The van der Waals surface area contributed by atoms with Crippen LogP contribution in [0.15, 0.2) is 35.5 Å². The summed E-state index contributed by atoms with van der Waals surface area (Å²) in [6, 6.07) is 5.53. The van der Waals surface area contributed by atoms with Gasteiger partial charge in [0.25, 0.3) is 11.8 Å². The molecular formula is C38H57ClFN5O4. The Bertz CT molecular complexity index is 1350. The number of amides is 2. The largest absolute Gasteiger partial charge is 0.462 e. The molecule has 4 aliphatic rings. The van der Waals surface area contributed by atoms with Crippen LogP contribution in [0, 0.1) is 17.2 Å². The third-order valence-electron chi connectivity index (χ3n) is 11.5. The number of rotatable bonds is 8. The van der Waals surface area contributed by atoms with Crippen molar-refractivity contribution < 1.29 is 23.5 Å². The molecule has 4 unspecified atom stereocenters. The quantitative estimate of drug-likeness (QED) is 0.159. The number of ether oxygens (including phenoxy) is 1. The Morgan fingerprint density at radius 2 is 1.61 bits per heavy atom. The molecule has 49 heavy (non-hydrogen) atoms. The van der Waals surface area contributed by atoms with E-state index in [1.165, 1.54) is 43.5 Å². The van der Waals surface area contributed by atoms with Crippen molar-refractivity contribution in [1.29, 1.82) is 0 Å². The summed E-state index contributed by atoms with van der Waals surface area (Å²) >= 11 is 7.49. The number of fused-ring (bicyclic) bond motifs is 1. The molecule has 1 aromatic rings. The molecule has 3 fully saturated rings. The molecular weight excluding hydrogens is 645 g/mol. The number of hydrogen-bond donors (Lipinski definition) is 1. The molecule has 5 rings (SSSR count). The van der Waals surface area contributed by atoms with Gasteiger partial charge in [-0.1, -0.05) is 44.9 Å². The fourth-order valence-electron chi connectivity index (χ4n) is 8.87. The van der Waals surface area contributed by atoms with Crippen molar-refractivity contribution in [3.05, 3.63) is 46.9 Å². The van der Waals surface area contributed by atoms with Gasteiger partial charge in [-0.2, -0.15) is 0 Å². The molecule has 1 saturated heterocycles. The number of alkyl halides is 1. The van der Waals surface area contributed by atoms with Crippen molar-refractivity contribution in [3.8, 4) is 0 Å². The molecule has 2 aliphatic heterocycles. The van der Waals surface area contributed by atoms with Crippen molar-refractivity contribution in [2.45, 2.75) is 101 Å². The van der Waals surface area contributed by atoms with E-state index in [9.17, 15) is 18.8 Å². The highest BCUT2D eigenvalue weighted by atomic mass is 35.5. The molecule has 4 atom stereocenters. The summed E-state index contributed by atoms with van der Waals surface area (Å²) in [5.41, 5.74) is 8.15. The standard InChI is InChI=1S/C38H57ClFN5O4/c1-4-49-36(48)32-33(43-23-25-44(26-24-43)34(46)28-13-15-29(40)16-14-28)30-27-37(18-10-8-6-5-7-9-11-19-38(37,39)41)20-17-31(30)45(35(32)47)22-12-21-42(2)3/h13-16,30-31H,4-12,17-27,41H2,1-3H3. The molecule has 9 nitrogen and oxygen atoms in total. The number of halogens is 2. The minimum Gasteiger partial charge on any atom is -0.462 e. The summed E-state index contributed by atoms with van der Waals surface area (Å²) < 4.78 is 19.2. The second kappa shape index (κ2) is 16.6. The van der Waals surface area contributed by atoms with E-state index in [-0.39, 0.29) is 47.2 Å². The van der Waals surface area contributed by atoms with Crippen molar-refractivity contribution in [3.63, 3.8) is 0 Å². The summed E-state index contributed by atoms with van der Waals surface area (Å²) in [5, 5.41) is 0. The summed E-state index contributed by atoms with van der Waals surface area (Å²) in [5.74, 6) is -1.54. The van der Waals surface area contributed by atoms with E-state index < -0.39 is 11.0 Å². The van der Waals surface area contributed by atoms with Gasteiger partial charge in [-0.25, -0.2) is 9.18 Å². The van der Waals surface area contributed by atoms with Gasteiger partial charge < -0.3 is 30.1 Å². The predicted molar refractivity (Wildman–Crippen MR) is 190 cm³/mol. The van der Waals surface area contributed by atoms with Gasteiger partial charge in [0.2, 0.25) is 0 Å². The van der Waals surface area contributed by atoms with Crippen LogP contribution in [0.25, 0.3) is 0 Å². The summed E-state index contributed by atoms with van der Waals surface area (Å²) in [4.78, 5) is 48.8. The van der Waals surface area contributed by atoms with Crippen molar-refractivity contribution in [1.82, 2.24) is 19.6 Å². The normalized spacial score (nSPS) is 28.8. The maximum Gasteiger partial charge on any atom is 0.345 e. The van der Waals surface area contributed by atoms with Crippen LogP contribution in [-0.4, -0.2) is 108 Å². The summed E-state index contributed by atoms with van der Waals surface area (Å²) in [6.07, 6.45) is 12.8. The molecule has 2 heterocycles. The highest BCUT2D eigenvalue weighted by molar-refractivity contribution is 6.24. The number of benzene rings is 1. The first-order valence-electron chi connectivity index (χ1n) is 18.6. The Labute approximate surface area is 297 Å². The van der Waals surface area contributed by atoms with Crippen molar-refractivity contribution in [2.24, 2.45) is 17.1 Å². The number of hydrogen-bond acceptors (Lipinski definition) is 7. The van der Waals surface area contributed by atoms with E-state index in [0.717, 1.165) is 70.0 Å². The van der Waals surface area contributed by atoms with Gasteiger partial charge in [0.15, 0.2) is 0 Å². The van der Waals surface area contributed by atoms with Crippen molar-refractivity contribution in [2.75, 3.05) is 60.0 Å². The van der Waals surface area contributed by atoms with Crippen LogP contribution in [-0.2, 0) is 14.3 Å². The number of piperazine rings is 1. The maximum absolute atomic E-state index is 14.5. The van der Waals surface area contributed by atoms with Gasteiger partial charge in [-0.15, -0.1) is 11.6 Å². The van der Waals surface area contributed by atoms with Crippen molar-refractivity contribution >= 4 is 29.4 Å². The Hall–Kier alpha value is -2.69. The summed E-state index contributed by atoms with van der Waals surface area (Å²) in [6.45, 7) is 5.05. The van der Waals surface area contributed by atoms with E-state index in [1.807, 2.05) is 19.0 Å². The maximum atomic E-state index is 14.5. The molecule has 0 aromatic heterocycles. The summed E-state index contributed by atoms with van der Waals surface area (Å²) in [7, 11) is 4.05. The second-order valence-electron chi connectivity index (χ2n) is 15.0. The van der Waals surface area contributed by atoms with Crippen LogP contribution in [0.3, 0.4) is 0 Å². The Morgan fingerprint density at radius 1 is 0.980 bits per heavy atom. The van der Waals surface area contributed by atoms with Gasteiger partial charge in [0, 0.05) is 61.4 Å². The topological polar surface area (TPSA) is 99.4 Å². The molecule has 272 valence electrons. The van der Waals surface area contributed by atoms with E-state index in [0.29, 0.717) is 44.7 Å². The first-order valence-corrected chi connectivity index (χ1v) is 19.0. The molecule has 2 saturated carbocycles. The van der Waals surface area contributed by atoms with Gasteiger partial charge in [0.05, 0.1) is 11.6 Å². The van der Waals surface area contributed by atoms with Crippen LogP contribution >= 0.6 is 11.6 Å². The fraction of sp³-hybridized carbons (Fsp3) is 0.711.